The van der Waals surface area contributed by atoms with Crippen molar-refractivity contribution in [3.05, 3.63) is 95.3 Å². The summed E-state index contributed by atoms with van der Waals surface area (Å²) in [6, 6.07) is 16.6. The Bertz CT molecular complexity index is 1060. The summed E-state index contributed by atoms with van der Waals surface area (Å²) in [6.07, 6.45) is 0. The van der Waals surface area contributed by atoms with E-state index in [-0.39, 0.29) is 17.0 Å². The van der Waals surface area contributed by atoms with Gasteiger partial charge in [-0.15, -0.1) is 0 Å². The molecule has 0 bridgehead atoms. The highest BCUT2D eigenvalue weighted by atomic mass is 19.2. The Labute approximate surface area is 165 Å². The van der Waals surface area contributed by atoms with Crippen LogP contribution in [0.4, 0.5) is 24.5 Å². The molecule has 3 rings (SSSR count). The van der Waals surface area contributed by atoms with Crippen LogP contribution in [0.2, 0.25) is 0 Å². The van der Waals surface area contributed by atoms with Crippen LogP contribution in [0.3, 0.4) is 0 Å². The fraction of sp³-hybridized carbons (Fsp3) is 0.0909. The van der Waals surface area contributed by atoms with Gasteiger partial charge in [0.1, 0.15) is 0 Å². The molecule has 0 aliphatic heterocycles. The zero-order valence-corrected chi connectivity index (χ0v) is 15.5. The van der Waals surface area contributed by atoms with Crippen LogP contribution >= 0.6 is 0 Å². The van der Waals surface area contributed by atoms with E-state index in [1.54, 1.807) is 23.1 Å². The lowest BCUT2D eigenvalue weighted by Crippen LogP contribution is -2.30. The fourth-order valence-electron chi connectivity index (χ4n) is 2.82. The minimum Gasteiger partial charge on any atom is -0.319 e. The SMILES string of the molecule is CCN(C(=O)c1cccc(C(=O)Nc2ccc(F)c(F)c2F)c1)c1ccccc1. The zero-order valence-electron chi connectivity index (χ0n) is 15.5. The van der Waals surface area contributed by atoms with Gasteiger partial charge in [-0.3, -0.25) is 9.59 Å². The van der Waals surface area contributed by atoms with Crippen LogP contribution in [-0.2, 0) is 0 Å². The maximum atomic E-state index is 13.8. The number of hydrogen-bond acceptors (Lipinski definition) is 2. The first-order chi connectivity index (χ1) is 13.9. The van der Waals surface area contributed by atoms with Crippen molar-refractivity contribution in [3.8, 4) is 0 Å². The third-order valence-electron chi connectivity index (χ3n) is 4.28. The summed E-state index contributed by atoms with van der Waals surface area (Å²) in [5.74, 6) is -5.59. The van der Waals surface area contributed by atoms with Crippen molar-refractivity contribution in [3.63, 3.8) is 0 Å². The summed E-state index contributed by atoms with van der Waals surface area (Å²) >= 11 is 0. The number of hydrogen-bond donors (Lipinski definition) is 1. The van der Waals surface area contributed by atoms with Gasteiger partial charge in [0.15, 0.2) is 17.5 Å². The van der Waals surface area contributed by atoms with Crippen molar-refractivity contribution in [2.45, 2.75) is 6.92 Å². The quantitative estimate of drug-likeness (QED) is 0.614. The van der Waals surface area contributed by atoms with E-state index in [1.165, 1.54) is 18.2 Å². The van der Waals surface area contributed by atoms with Gasteiger partial charge in [0.05, 0.1) is 5.69 Å². The molecule has 0 radical (unpaired) electrons. The molecule has 0 aromatic heterocycles. The van der Waals surface area contributed by atoms with Gasteiger partial charge in [-0.2, -0.15) is 0 Å². The lowest BCUT2D eigenvalue weighted by atomic mass is 10.1. The molecule has 0 fully saturated rings. The molecular weight excluding hydrogens is 381 g/mol. The number of para-hydroxylation sites is 1. The van der Waals surface area contributed by atoms with Crippen molar-refractivity contribution in [2.24, 2.45) is 0 Å². The van der Waals surface area contributed by atoms with Gasteiger partial charge in [-0.1, -0.05) is 24.3 Å². The van der Waals surface area contributed by atoms with E-state index < -0.39 is 29.0 Å². The molecular formula is C22H17F3N2O2. The molecule has 7 heteroatoms. The number of anilines is 2. The molecule has 2 amide bonds. The summed E-state index contributed by atoms with van der Waals surface area (Å²) in [7, 11) is 0. The second kappa shape index (κ2) is 8.60. The first-order valence-electron chi connectivity index (χ1n) is 8.84. The Balaban J connectivity index is 1.84. The predicted octanol–water partition coefficient (Wildman–Crippen LogP) is 5.02. The summed E-state index contributed by atoms with van der Waals surface area (Å²) in [6.45, 7) is 2.24. The average molecular weight is 398 g/mol. The standard InChI is InChI=1S/C22H17F3N2O2/c1-2-27(16-9-4-3-5-10-16)22(29)15-8-6-7-14(13-15)21(28)26-18-12-11-17(23)19(24)20(18)25/h3-13H,2H2,1H3,(H,26,28). The lowest BCUT2D eigenvalue weighted by Gasteiger charge is -2.21. The van der Waals surface area contributed by atoms with E-state index in [2.05, 4.69) is 5.32 Å². The molecule has 0 aliphatic rings. The number of nitrogens with zero attached hydrogens (tertiary/aromatic N) is 1. The van der Waals surface area contributed by atoms with Gasteiger partial charge in [-0.05, 0) is 49.4 Å². The molecule has 0 saturated carbocycles. The number of nitrogens with one attached hydrogen (secondary N) is 1. The minimum atomic E-state index is -1.67. The molecule has 3 aromatic carbocycles. The Morgan fingerprint density at radius 1 is 0.862 bits per heavy atom. The van der Waals surface area contributed by atoms with Crippen LogP contribution in [0.5, 0.6) is 0 Å². The number of carbonyl (C=O) groups excluding carboxylic acids is 2. The summed E-state index contributed by atoms with van der Waals surface area (Å²) in [5, 5.41) is 2.19. The van der Waals surface area contributed by atoms with Crippen LogP contribution in [0, 0.1) is 17.5 Å². The van der Waals surface area contributed by atoms with Crippen LogP contribution < -0.4 is 10.2 Å². The number of halogens is 3. The fourth-order valence-corrected chi connectivity index (χ4v) is 2.82. The van der Waals surface area contributed by atoms with E-state index in [9.17, 15) is 22.8 Å². The summed E-state index contributed by atoms with van der Waals surface area (Å²) in [5.41, 5.74) is 0.544. The van der Waals surface area contributed by atoms with E-state index in [1.807, 2.05) is 25.1 Å². The smallest absolute Gasteiger partial charge is 0.258 e. The third kappa shape index (κ3) is 4.29. The van der Waals surface area contributed by atoms with Crippen LogP contribution in [0.1, 0.15) is 27.6 Å². The Morgan fingerprint density at radius 2 is 1.55 bits per heavy atom. The van der Waals surface area contributed by atoms with E-state index >= 15 is 0 Å². The number of amides is 2. The summed E-state index contributed by atoms with van der Waals surface area (Å²) in [4.78, 5) is 26.9. The number of carbonyl (C=O) groups is 2. The molecule has 3 aromatic rings. The zero-order chi connectivity index (χ0) is 21.0. The lowest BCUT2D eigenvalue weighted by molar-refractivity contribution is 0.0988. The van der Waals surface area contributed by atoms with Gasteiger partial charge in [-0.25, -0.2) is 13.2 Å². The molecule has 4 nitrogen and oxygen atoms in total. The molecule has 0 saturated heterocycles. The molecule has 0 atom stereocenters. The third-order valence-corrected chi connectivity index (χ3v) is 4.28. The highest BCUT2D eigenvalue weighted by Crippen LogP contribution is 2.21. The van der Waals surface area contributed by atoms with E-state index in [4.69, 9.17) is 0 Å². The van der Waals surface area contributed by atoms with Crippen molar-refractivity contribution in [2.75, 3.05) is 16.8 Å². The molecule has 1 N–H and O–H groups in total. The molecule has 148 valence electrons. The van der Waals surface area contributed by atoms with Gasteiger partial charge >= 0.3 is 0 Å². The maximum absolute atomic E-state index is 13.8. The average Bonchev–Trinajstić information content (AvgIpc) is 2.75. The van der Waals surface area contributed by atoms with Crippen LogP contribution in [-0.4, -0.2) is 18.4 Å². The highest BCUT2D eigenvalue weighted by molar-refractivity contribution is 6.09. The normalized spacial score (nSPS) is 10.5. The molecule has 0 aliphatic carbocycles. The van der Waals surface area contributed by atoms with Crippen molar-refractivity contribution < 1.29 is 22.8 Å². The van der Waals surface area contributed by atoms with Gasteiger partial charge in [0.2, 0.25) is 0 Å². The van der Waals surface area contributed by atoms with Gasteiger partial charge < -0.3 is 10.2 Å². The van der Waals surface area contributed by atoms with Crippen molar-refractivity contribution in [1.82, 2.24) is 0 Å². The first-order valence-corrected chi connectivity index (χ1v) is 8.84. The van der Waals surface area contributed by atoms with E-state index in [0.29, 0.717) is 18.3 Å². The monoisotopic (exact) mass is 398 g/mol. The Hall–Kier alpha value is -3.61. The summed E-state index contributed by atoms with van der Waals surface area (Å²) < 4.78 is 40.2. The molecule has 0 unspecified atom stereocenters. The second-order valence-electron chi connectivity index (χ2n) is 6.14. The second-order valence-corrected chi connectivity index (χ2v) is 6.14. The Kier molecular flexibility index (Phi) is 5.97. The number of benzene rings is 3. The predicted molar refractivity (Wildman–Crippen MR) is 105 cm³/mol. The minimum absolute atomic E-state index is 0.0732. The van der Waals surface area contributed by atoms with E-state index in [0.717, 1.165) is 6.07 Å². The first kappa shape index (κ1) is 20.1. The molecule has 0 spiro atoms. The van der Waals surface area contributed by atoms with Crippen LogP contribution in [0.25, 0.3) is 0 Å². The topological polar surface area (TPSA) is 49.4 Å². The maximum Gasteiger partial charge on any atom is 0.258 e. The molecule has 29 heavy (non-hydrogen) atoms. The van der Waals surface area contributed by atoms with Gasteiger partial charge in [0, 0.05) is 23.4 Å². The Morgan fingerprint density at radius 3 is 2.24 bits per heavy atom. The highest BCUT2D eigenvalue weighted by Gasteiger charge is 2.19. The largest absolute Gasteiger partial charge is 0.319 e. The van der Waals surface area contributed by atoms with Gasteiger partial charge in [0.25, 0.3) is 11.8 Å². The number of rotatable bonds is 5. The van der Waals surface area contributed by atoms with Crippen molar-refractivity contribution >= 4 is 23.2 Å². The van der Waals surface area contributed by atoms with Crippen molar-refractivity contribution in [1.29, 1.82) is 0 Å². The van der Waals surface area contributed by atoms with Crippen LogP contribution in [0.15, 0.2) is 66.7 Å². The molecule has 0 heterocycles.